The summed E-state index contributed by atoms with van der Waals surface area (Å²) >= 11 is 11.7. The van der Waals surface area contributed by atoms with Gasteiger partial charge in [-0.25, -0.2) is 0 Å². The lowest BCUT2D eigenvalue weighted by atomic mass is 10.1. The molecular weight excluding hydrogens is 377 g/mol. The normalized spacial score (nSPS) is 13.0. The van der Waals surface area contributed by atoms with Gasteiger partial charge in [-0.1, -0.05) is 37.0 Å². The minimum Gasteiger partial charge on any atom is -0.387 e. The third-order valence-electron chi connectivity index (χ3n) is 3.21. The Morgan fingerprint density at radius 1 is 1.17 bits per heavy atom. The third-order valence-corrected chi connectivity index (χ3v) is 3.64. The van der Waals surface area contributed by atoms with E-state index in [2.05, 4.69) is 10.6 Å². The molecule has 24 heavy (non-hydrogen) atoms. The van der Waals surface area contributed by atoms with E-state index in [0.29, 0.717) is 15.6 Å². The summed E-state index contributed by atoms with van der Waals surface area (Å²) < 4.78 is 0. The molecule has 1 unspecified atom stereocenters. The minimum atomic E-state index is -0.955. The van der Waals surface area contributed by atoms with Crippen LogP contribution in [0.4, 0.5) is 0 Å². The number of hydrogen-bond acceptors (Lipinski definition) is 4. The van der Waals surface area contributed by atoms with Gasteiger partial charge in [-0.05, 0) is 29.7 Å². The van der Waals surface area contributed by atoms with Crippen LogP contribution in [0.15, 0.2) is 18.2 Å². The van der Waals surface area contributed by atoms with Crippen molar-refractivity contribution in [2.45, 2.75) is 26.0 Å². The Morgan fingerprint density at radius 3 is 2.21 bits per heavy atom. The Balaban J connectivity index is 0.00000529. The van der Waals surface area contributed by atoms with Gasteiger partial charge in [0.1, 0.15) is 0 Å². The smallest absolute Gasteiger partial charge is 0.239 e. The first-order valence-electron chi connectivity index (χ1n) is 7.14. The van der Waals surface area contributed by atoms with Crippen LogP contribution in [0.5, 0.6) is 0 Å². The molecule has 5 N–H and O–H groups in total. The largest absolute Gasteiger partial charge is 0.387 e. The summed E-state index contributed by atoms with van der Waals surface area (Å²) in [5, 5.41) is 15.8. The van der Waals surface area contributed by atoms with E-state index in [1.165, 1.54) is 0 Å². The van der Waals surface area contributed by atoms with Crippen LogP contribution in [-0.2, 0) is 9.59 Å². The highest BCUT2D eigenvalue weighted by Crippen LogP contribution is 2.23. The van der Waals surface area contributed by atoms with Gasteiger partial charge in [-0.2, -0.15) is 0 Å². The summed E-state index contributed by atoms with van der Waals surface area (Å²) in [7, 11) is 0. The summed E-state index contributed by atoms with van der Waals surface area (Å²) in [4.78, 5) is 23.3. The van der Waals surface area contributed by atoms with Gasteiger partial charge in [0, 0.05) is 16.6 Å². The van der Waals surface area contributed by atoms with Gasteiger partial charge in [0.2, 0.25) is 11.8 Å². The van der Waals surface area contributed by atoms with Crippen molar-refractivity contribution in [1.29, 1.82) is 0 Å². The molecule has 0 saturated heterocycles. The lowest BCUT2D eigenvalue weighted by Gasteiger charge is -2.16. The zero-order valence-corrected chi connectivity index (χ0v) is 15.7. The second kappa shape index (κ2) is 10.7. The van der Waals surface area contributed by atoms with Crippen molar-refractivity contribution in [3.63, 3.8) is 0 Å². The number of halogens is 3. The minimum absolute atomic E-state index is 0. The summed E-state index contributed by atoms with van der Waals surface area (Å²) in [6.45, 7) is 3.40. The summed E-state index contributed by atoms with van der Waals surface area (Å²) in [5.41, 5.74) is 6.16. The molecule has 0 spiro atoms. The van der Waals surface area contributed by atoms with Gasteiger partial charge in [0.25, 0.3) is 0 Å². The Kier molecular flexibility index (Phi) is 10.3. The fourth-order valence-electron chi connectivity index (χ4n) is 1.75. The van der Waals surface area contributed by atoms with E-state index in [-0.39, 0.29) is 31.4 Å². The molecule has 0 aromatic heterocycles. The van der Waals surface area contributed by atoms with E-state index in [0.717, 1.165) is 0 Å². The first-order valence-corrected chi connectivity index (χ1v) is 7.90. The Hall–Kier alpha value is -1.05. The molecule has 2 atom stereocenters. The summed E-state index contributed by atoms with van der Waals surface area (Å²) in [5.74, 6) is -0.841. The quantitative estimate of drug-likeness (QED) is 0.560. The van der Waals surface area contributed by atoms with Gasteiger partial charge in [0.15, 0.2) is 0 Å². The number of nitrogens with one attached hydrogen (secondary N) is 2. The highest BCUT2D eigenvalue weighted by Gasteiger charge is 2.18. The maximum atomic E-state index is 11.7. The number of aliphatic hydroxyl groups is 1. The van der Waals surface area contributed by atoms with Crippen molar-refractivity contribution in [3.8, 4) is 0 Å². The number of aliphatic hydroxyl groups excluding tert-OH is 1. The Morgan fingerprint density at radius 2 is 1.71 bits per heavy atom. The number of carbonyl (C=O) groups is 2. The number of amides is 2. The fourth-order valence-corrected chi connectivity index (χ4v) is 2.29. The van der Waals surface area contributed by atoms with Crippen LogP contribution in [0.1, 0.15) is 25.5 Å². The van der Waals surface area contributed by atoms with Gasteiger partial charge in [-0.15, -0.1) is 12.4 Å². The molecule has 9 heteroatoms. The van der Waals surface area contributed by atoms with Crippen LogP contribution in [0, 0.1) is 5.92 Å². The van der Waals surface area contributed by atoms with Gasteiger partial charge in [0.05, 0.1) is 18.7 Å². The van der Waals surface area contributed by atoms with Crippen molar-refractivity contribution in [2.75, 3.05) is 13.1 Å². The first kappa shape index (κ1) is 22.9. The van der Waals surface area contributed by atoms with E-state index in [1.807, 2.05) is 13.8 Å². The number of benzene rings is 1. The van der Waals surface area contributed by atoms with Crippen molar-refractivity contribution in [1.82, 2.24) is 10.6 Å². The number of rotatable bonds is 7. The van der Waals surface area contributed by atoms with Crippen LogP contribution >= 0.6 is 35.6 Å². The molecule has 0 bridgehead atoms. The highest BCUT2D eigenvalue weighted by molar-refractivity contribution is 6.34. The van der Waals surface area contributed by atoms with Crippen LogP contribution in [0.3, 0.4) is 0 Å². The third kappa shape index (κ3) is 7.68. The maximum absolute atomic E-state index is 11.7. The molecule has 0 aliphatic rings. The van der Waals surface area contributed by atoms with Gasteiger partial charge in [-0.3, -0.25) is 9.59 Å². The zero-order chi connectivity index (χ0) is 17.6. The average Bonchev–Trinajstić information content (AvgIpc) is 2.48. The summed E-state index contributed by atoms with van der Waals surface area (Å²) in [6.07, 6.45) is -0.955. The van der Waals surface area contributed by atoms with Crippen molar-refractivity contribution >= 4 is 47.4 Å². The van der Waals surface area contributed by atoms with Crippen molar-refractivity contribution in [3.05, 3.63) is 33.8 Å². The predicted octanol–water partition coefficient (Wildman–Crippen LogP) is 1.66. The molecule has 0 aliphatic carbocycles. The number of hydrogen-bond donors (Lipinski definition) is 4. The van der Waals surface area contributed by atoms with E-state index in [1.54, 1.807) is 18.2 Å². The lowest BCUT2D eigenvalue weighted by molar-refractivity contribution is -0.127. The monoisotopic (exact) mass is 397 g/mol. The molecule has 136 valence electrons. The molecule has 1 aromatic carbocycles. The second-order valence-corrected chi connectivity index (χ2v) is 6.38. The highest BCUT2D eigenvalue weighted by atomic mass is 35.5. The molecule has 2 amide bonds. The first-order chi connectivity index (χ1) is 10.7. The Bertz CT molecular complexity index is 550. The SMILES string of the molecule is CC(C)[C@H](N)C(=O)NCC(=O)NCC(O)c1cc(Cl)cc(Cl)c1.Cl. The predicted molar refractivity (Wildman–Crippen MR) is 97.5 cm³/mol. The van der Waals surface area contributed by atoms with E-state index < -0.39 is 24.0 Å². The molecular formula is C15H22Cl3N3O3. The van der Waals surface area contributed by atoms with Crippen LogP contribution < -0.4 is 16.4 Å². The molecule has 6 nitrogen and oxygen atoms in total. The van der Waals surface area contributed by atoms with E-state index in [9.17, 15) is 14.7 Å². The molecule has 0 heterocycles. The van der Waals surface area contributed by atoms with Crippen LogP contribution in [0.25, 0.3) is 0 Å². The van der Waals surface area contributed by atoms with Crippen LogP contribution in [0.2, 0.25) is 10.0 Å². The molecule has 0 aliphatic heterocycles. The standard InChI is InChI=1S/C15H21Cl2N3O3.ClH/c1-8(2)14(18)15(23)20-7-13(22)19-6-12(21)9-3-10(16)5-11(17)4-9;/h3-5,8,12,14,21H,6-7,18H2,1-2H3,(H,19,22)(H,20,23);1H/t12?,14-;/m0./s1. The Labute approximate surface area is 157 Å². The zero-order valence-electron chi connectivity index (χ0n) is 13.4. The molecule has 1 rings (SSSR count). The van der Waals surface area contributed by atoms with Gasteiger partial charge >= 0.3 is 0 Å². The average molecular weight is 399 g/mol. The van der Waals surface area contributed by atoms with E-state index >= 15 is 0 Å². The lowest BCUT2D eigenvalue weighted by Crippen LogP contribution is -2.47. The molecule has 0 saturated carbocycles. The summed E-state index contributed by atoms with van der Waals surface area (Å²) in [6, 6.07) is 4.01. The van der Waals surface area contributed by atoms with Gasteiger partial charge < -0.3 is 21.5 Å². The second-order valence-electron chi connectivity index (χ2n) is 5.51. The molecule has 0 radical (unpaired) electrons. The fraction of sp³-hybridized carbons (Fsp3) is 0.467. The molecule has 0 fully saturated rings. The number of nitrogens with two attached hydrogens (primary N) is 1. The van der Waals surface area contributed by atoms with Crippen molar-refractivity contribution < 1.29 is 14.7 Å². The van der Waals surface area contributed by atoms with Crippen LogP contribution in [-0.4, -0.2) is 36.1 Å². The maximum Gasteiger partial charge on any atom is 0.239 e. The number of carbonyl (C=O) groups excluding carboxylic acids is 2. The van der Waals surface area contributed by atoms with E-state index in [4.69, 9.17) is 28.9 Å². The molecule has 1 aromatic rings. The topological polar surface area (TPSA) is 104 Å². The van der Waals surface area contributed by atoms with Crippen molar-refractivity contribution in [2.24, 2.45) is 11.7 Å².